The van der Waals surface area contributed by atoms with Crippen molar-refractivity contribution in [1.82, 2.24) is 9.97 Å². The van der Waals surface area contributed by atoms with Crippen LogP contribution < -0.4 is 9.47 Å². The average molecular weight is 1660 g/mol. The minimum atomic E-state index is -0.177. The zero-order valence-corrected chi connectivity index (χ0v) is 80.7. The lowest BCUT2D eigenvalue weighted by Gasteiger charge is -2.37. The van der Waals surface area contributed by atoms with Crippen molar-refractivity contribution in [3.05, 3.63) is 183 Å². The Morgan fingerprint density at radius 3 is 1.43 bits per heavy atom. The van der Waals surface area contributed by atoms with Gasteiger partial charge in [0, 0.05) is 29.0 Å². The van der Waals surface area contributed by atoms with E-state index in [0.29, 0.717) is 76.3 Å². The van der Waals surface area contributed by atoms with Crippen molar-refractivity contribution in [1.29, 1.82) is 0 Å². The number of aromatic hydroxyl groups is 2. The van der Waals surface area contributed by atoms with Gasteiger partial charge in [-0.3, -0.25) is 24.2 Å². The zero-order valence-electron chi connectivity index (χ0n) is 80.7. The molecule has 0 aliphatic heterocycles. The van der Waals surface area contributed by atoms with E-state index in [9.17, 15) is 34.5 Å². The van der Waals surface area contributed by atoms with Gasteiger partial charge in [0.05, 0.1) is 29.8 Å². The molecule has 7 aromatic rings. The summed E-state index contributed by atoms with van der Waals surface area (Å²) in [7, 11) is 0. The van der Waals surface area contributed by atoms with Crippen molar-refractivity contribution in [2.45, 2.75) is 359 Å². The first-order valence-electron chi connectivity index (χ1n) is 46.1. The number of rotatable bonds is 22. The van der Waals surface area contributed by atoms with Crippen LogP contribution in [0.15, 0.2) is 128 Å². The Hall–Kier alpha value is -7.77. The van der Waals surface area contributed by atoms with E-state index >= 15 is 0 Å². The fourth-order valence-electron chi connectivity index (χ4n) is 14.3. The van der Waals surface area contributed by atoms with Gasteiger partial charge in [-0.15, -0.1) is 0 Å². The van der Waals surface area contributed by atoms with Crippen LogP contribution in [0.5, 0.6) is 23.0 Å². The number of para-hydroxylation sites is 1. The second-order valence-electron chi connectivity index (χ2n) is 38.4. The molecule has 3 fully saturated rings. The predicted molar refractivity (Wildman–Crippen MR) is 505 cm³/mol. The van der Waals surface area contributed by atoms with Crippen LogP contribution in [0.4, 0.5) is 0 Å². The first kappa shape index (κ1) is 108. The summed E-state index contributed by atoms with van der Waals surface area (Å²) in [6, 6.07) is 38.3. The van der Waals surface area contributed by atoms with Gasteiger partial charge in [0.15, 0.2) is 0 Å². The number of aliphatic hydroxyl groups excluding tert-OH is 1. The van der Waals surface area contributed by atoms with Crippen LogP contribution in [0, 0.1) is 98.7 Å². The highest BCUT2D eigenvalue weighted by atomic mass is 16.6. The summed E-state index contributed by atoms with van der Waals surface area (Å²) in [6.07, 6.45) is 24.8. The van der Waals surface area contributed by atoms with Crippen molar-refractivity contribution < 1.29 is 53.4 Å². The summed E-state index contributed by atoms with van der Waals surface area (Å²) in [6.45, 7) is 62.0. The van der Waals surface area contributed by atoms with Crippen molar-refractivity contribution >= 4 is 34.8 Å². The third-order valence-electron chi connectivity index (χ3n) is 22.6. The number of phenols is 2. The van der Waals surface area contributed by atoms with Gasteiger partial charge in [0.1, 0.15) is 35.2 Å². The maximum absolute atomic E-state index is 11.7. The lowest BCUT2D eigenvalue weighted by molar-refractivity contribution is -0.159. The number of hydrogen-bond acceptors (Lipinski definition) is 12. The molecule has 0 saturated heterocycles. The summed E-state index contributed by atoms with van der Waals surface area (Å²) >= 11 is 0. The highest BCUT2D eigenvalue weighted by Crippen LogP contribution is 2.37. The molecule has 0 unspecified atom stereocenters. The lowest BCUT2D eigenvalue weighted by atomic mass is 9.75. The fraction of sp³-hybridized carbons (Fsp3) is 0.617. The number of aryl methyl sites for hydroxylation is 6. The number of aliphatic hydroxyl groups is 1. The van der Waals surface area contributed by atoms with Gasteiger partial charge in [-0.05, 0) is 268 Å². The quantitative estimate of drug-likeness (QED) is 0.0371. The van der Waals surface area contributed by atoms with Crippen LogP contribution in [0.1, 0.15) is 356 Å². The number of nitrogens with zero attached hydrogens (tertiary/aromatic N) is 1. The molecule has 2 aromatic heterocycles. The molecule has 13 heteroatoms. The predicted octanol–water partition coefficient (Wildman–Crippen LogP) is 28.8. The number of phenolic OH excluding ortho intramolecular Hbond substituents is 2. The topological polar surface area (TPSA) is 195 Å². The molecule has 3 saturated carbocycles. The third kappa shape index (κ3) is 43.3. The number of nitrogens with one attached hydrogen (secondary N) is 1. The summed E-state index contributed by atoms with van der Waals surface area (Å²) in [4.78, 5) is 53.6. The normalized spacial score (nSPS) is 17.0. The van der Waals surface area contributed by atoms with Crippen LogP contribution in [0.3, 0.4) is 0 Å². The van der Waals surface area contributed by atoms with E-state index in [0.717, 1.165) is 83.2 Å². The Kier molecular flexibility index (Phi) is 51.9. The van der Waals surface area contributed by atoms with Crippen molar-refractivity contribution in [2.75, 3.05) is 0 Å². The molecule has 4 N–H and O–H groups in total. The summed E-state index contributed by atoms with van der Waals surface area (Å²) < 4.78 is 21.7. The molecule has 2 heterocycles. The highest BCUT2D eigenvalue weighted by Gasteiger charge is 2.34. The van der Waals surface area contributed by atoms with Gasteiger partial charge in [-0.1, -0.05) is 285 Å². The van der Waals surface area contributed by atoms with Gasteiger partial charge in [0.2, 0.25) is 0 Å². The van der Waals surface area contributed by atoms with Crippen LogP contribution in [0.25, 0.3) is 10.9 Å². The number of ether oxygens (including phenoxy) is 4. The SMILES string of the molecule is CC(C)C(=O)OC1CCCCC1.CC(C)C(=O)O[C@H]1C[C@@H](C)CC[C@@H]1C(C)C.CC(C)CCCc1c[nH]c2ccccc12.CC(C)CCCc1ccccn1.CC(C)[C@@H]1CC[C@@H](C)C[C@H]1O.Cc1ccc(C(C)C)c(O)c1.Cc1ccc(C(C)C)c(OC(=O)C(C)C)c1.Cc1ccc(C(C)C)cc1O.Cc1ccc(C(C)C)cc1OC(=O)C(C)C. The van der Waals surface area contributed by atoms with Gasteiger partial charge in [0.25, 0.3) is 0 Å². The average Bonchev–Trinajstić information content (AvgIpc) is 1.76. The van der Waals surface area contributed by atoms with E-state index < -0.39 is 0 Å². The number of H-pyrrole nitrogens is 1. The van der Waals surface area contributed by atoms with Crippen LogP contribution >= 0.6 is 0 Å². The molecule has 3 aliphatic carbocycles. The van der Waals surface area contributed by atoms with Crippen LogP contribution in [-0.4, -0.2) is 67.5 Å². The van der Waals surface area contributed by atoms with E-state index in [1.54, 1.807) is 6.07 Å². The molecular formula is C107H168N2O11. The molecule has 3 aliphatic rings. The van der Waals surface area contributed by atoms with Crippen molar-refractivity contribution in [3.63, 3.8) is 0 Å². The fourth-order valence-corrected chi connectivity index (χ4v) is 14.3. The van der Waals surface area contributed by atoms with E-state index in [1.165, 1.54) is 110 Å². The molecule has 5 aromatic carbocycles. The Morgan fingerprint density at radius 2 is 0.933 bits per heavy atom. The zero-order chi connectivity index (χ0) is 90.6. The van der Waals surface area contributed by atoms with E-state index in [2.05, 4.69) is 189 Å². The van der Waals surface area contributed by atoms with E-state index in [1.807, 2.05) is 150 Å². The molecule has 13 nitrogen and oxygen atoms in total. The first-order chi connectivity index (χ1) is 56.3. The maximum atomic E-state index is 11.7. The molecule has 0 bridgehead atoms. The Balaban J connectivity index is 0.000000459. The van der Waals surface area contributed by atoms with E-state index in [4.69, 9.17) is 18.9 Å². The smallest absolute Gasteiger partial charge is 0.313 e. The number of aromatic amines is 1. The number of esters is 4. The van der Waals surface area contributed by atoms with Crippen molar-refractivity contribution in [2.24, 2.45) is 71.0 Å². The maximum Gasteiger partial charge on any atom is 0.313 e. The highest BCUT2D eigenvalue weighted by molar-refractivity contribution is 5.83. The summed E-state index contributed by atoms with van der Waals surface area (Å²) in [5.74, 6) is 8.71. The number of hydrogen-bond donors (Lipinski definition) is 4. The molecule has 0 radical (unpaired) electrons. The number of pyridine rings is 1. The van der Waals surface area contributed by atoms with E-state index in [-0.39, 0.29) is 65.9 Å². The van der Waals surface area contributed by atoms with Gasteiger partial charge >= 0.3 is 23.9 Å². The second-order valence-corrected chi connectivity index (χ2v) is 38.4. The van der Waals surface area contributed by atoms with Gasteiger partial charge < -0.3 is 39.3 Å². The number of carbonyl (C=O) groups excluding carboxylic acids is 4. The summed E-state index contributed by atoms with van der Waals surface area (Å²) in [5.41, 5.74) is 12.6. The Labute approximate surface area is 730 Å². The number of aromatic nitrogens is 2. The minimum Gasteiger partial charge on any atom is -0.508 e. The summed E-state index contributed by atoms with van der Waals surface area (Å²) in [5, 5.41) is 29.9. The number of carbonyl (C=O) groups is 4. The lowest BCUT2D eigenvalue weighted by Crippen LogP contribution is -2.36. The molecule has 0 amide bonds. The molecule has 10 rings (SSSR count). The monoisotopic (exact) mass is 1660 g/mol. The molecule has 120 heavy (non-hydrogen) atoms. The molecule has 672 valence electrons. The minimum absolute atomic E-state index is 0.00922. The van der Waals surface area contributed by atoms with Crippen LogP contribution in [0.2, 0.25) is 0 Å². The largest absolute Gasteiger partial charge is 0.508 e. The first-order valence-corrected chi connectivity index (χ1v) is 46.1. The van der Waals surface area contributed by atoms with Crippen LogP contribution in [-0.2, 0) is 41.5 Å². The standard InChI is InChI=1S/C14H19N.C14H20O2.C14H26O2.C14H20O2.C11H17N.C10H18O2.C10H14O.C10H20O.C10H14O/c1-11(2)6-5-7-12-10-15-14-9-4-3-8-13(12)14;1-9(2)12-7-6-11(5)13(8-12)16-14(15)10(3)4;2*1-9(2)12-7-6-11(5)8-13(12)16-14(15)10(3)4;1-10(2)6-5-8-11-7-3-4-9-12-11;1-8(2)10(11)12-9-6-4-3-5-7-9;1-7(2)9-5-4-8(3)10(11)6-9;2*1-7(2)9-5-4-8(3)6-10(9)11/h3-4,8-11,15H,5-7H2,1-2H3;6-10H,1-5H3;9-13H,6-8H2,1-5H3;6-10H,1-5H3;3-4,7,9-10H,5-6,8H2,1-2H3;8-9H,3-7H2,1-2H3;4-7,11H,1-3H3;7-11H,4-6H2,1-3H3;4-7,11H,1-3H3/t;;11-,12+,13-;;;;;8-,9+,10-;/m..0....1./s1. The van der Waals surface area contributed by atoms with Gasteiger partial charge in [-0.25, -0.2) is 0 Å². The Bertz CT molecular complexity index is 3980. The third-order valence-corrected chi connectivity index (χ3v) is 22.6. The van der Waals surface area contributed by atoms with Crippen molar-refractivity contribution in [3.8, 4) is 23.0 Å². The Morgan fingerprint density at radius 1 is 0.450 bits per heavy atom. The van der Waals surface area contributed by atoms with Gasteiger partial charge in [-0.2, -0.15) is 0 Å². The molecular weight excluding hydrogens is 1490 g/mol. The second kappa shape index (κ2) is 57.6. The molecule has 0 spiro atoms. The number of fused-ring (bicyclic) bond motifs is 1. The number of benzene rings is 5. The molecule has 6 atom stereocenters.